The molecule has 3 fully saturated rings. The Labute approximate surface area is 76.4 Å². The monoisotopic (exact) mass is 187 g/mol. The molecule has 0 heterocycles. The number of esters is 1. The first-order valence-electron chi connectivity index (χ1n) is 4.63. The molecule has 1 atom stereocenters. The zero-order chi connectivity index (χ0) is 9.69. The predicted octanol–water partition coefficient (Wildman–Crippen LogP) is 0.769. The van der Waals surface area contributed by atoms with Crippen LogP contribution in [0.15, 0.2) is 0 Å². The van der Waals surface area contributed by atoms with Crippen molar-refractivity contribution in [1.82, 2.24) is 0 Å². The second-order valence-electron chi connectivity index (χ2n) is 4.27. The van der Waals surface area contributed by atoms with Gasteiger partial charge in [0.25, 0.3) is 0 Å². The summed E-state index contributed by atoms with van der Waals surface area (Å²) in [6.07, 6.45) is 1.33. The number of hydrogen-bond donors (Lipinski definition) is 1. The topological polar surface area (TPSA) is 52.3 Å². The molecule has 3 nitrogen and oxygen atoms in total. The first-order valence-corrected chi connectivity index (χ1v) is 4.63. The van der Waals surface area contributed by atoms with Gasteiger partial charge < -0.3 is 10.5 Å². The molecular weight excluding hydrogens is 173 g/mol. The van der Waals surface area contributed by atoms with Crippen molar-refractivity contribution in [2.24, 2.45) is 11.1 Å². The first-order chi connectivity index (χ1) is 6.01. The number of ether oxygens (including phenoxy) is 1. The van der Waals surface area contributed by atoms with E-state index < -0.39 is 11.7 Å². The van der Waals surface area contributed by atoms with E-state index in [1.807, 2.05) is 0 Å². The molecule has 0 saturated heterocycles. The number of alkyl halides is 1. The number of halogens is 1. The van der Waals surface area contributed by atoms with Crippen molar-refractivity contribution in [1.29, 1.82) is 0 Å². The molecular formula is C9H14FNO2. The first kappa shape index (κ1) is 8.94. The Morgan fingerprint density at radius 3 is 2.54 bits per heavy atom. The lowest BCUT2D eigenvalue weighted by atomic mass is 9.40. The standard InChI is InChI=1S/C9H14FNO2/c1-2-13-7(12)6(11)8-3-9(10,4-8)5-8/h6H,2-5,11H2,1H3/t6-,8?,9?/m1/s1. The van der Waals surface area contributed by atoms with Crippen LogP contribution in [0, 0.1) is 5.41 Å². The molecule has 3 aliphatic carbocycles. The van der Waals surface area contributed by atoms with E-state index in [0.29, 0.717) is 25.9 Å². The predicted molar refractivity (Wildman–Crippen MR) is 44.7 cm³/mol. The van der Waals surface area contributed by atoms with E-state index in [0.717, 1.165) is 0 Å². The van der Waals surface area contributed by atoms with Crippen molar-refractivity contribution in [3.8, 4) is 0 Å². The van der Waals surface area contributed by atoms with Gasteiger partial charge in [-0.05, 0) is 26.2 Å². The molecule has 0 aromatic heterocycles. The van der Waals surface area contributed by atoms with Gasteiger partial charge >= 0.3 is 5.97 Å². The minimum Gasteiger partial charge on any atom is -0.465 e. The van der Waals surface area contributed by atoms with Crippen molar-refractivity contribution in [2.45, 2.75) is 37.9 Å². The highest BCUT2D eigenvalue weighted by Crippen LogP contribution is 2.70. The maximum absolute atomic E-state index is 13.1. The van der Waals surface area contributed by atoms with Crippen LogP contribution in [-0.4, -0.2) is 24.3 Å². The van der Waals surface area contributed by atoms with Gasteiger partial charge in [-0.2, -0.15) is 0 Å². The summed E-state index contributed by atoms with van der Waals surface area (Å²) in [4.78, 5) is 11.2. The lowest BCUT2D eigenvalue weighted by Crippen LogP contribution is -2.72. The minimum atomic E-state index is -0.996. The largest absolute Gasteiger partial charge is 0.465 e. The highest BCUT2D eigenvalue weighted by atomic mass is 19.1. The molecule has 13 heavy (non-hydrogen) atoms. The Morgan fingerprint density at radius 1 is 1.62 bits per heavy atom. The van der Waals surface area contributed by atoms with E-state index >= 15 is 0 Å². The van der Waals surface area contributed by atoms with Gasteiger partial charge in [0, 0.05) is 5.41 Å². The van der Waals surface area contributed by atoms with Crippen molar-refractivity contribution in [3.63, 3.8) is 0 Å². The highest BCUT2D eigenvalue weighted by molar-refractivity contribution is 5.77. The number of carbonyl (C=O) groups excluding carboxylic acids is 1. The maximum Gasteiger partial charge on any atom is 0.323 e. The quantitative estimate of drug-likeness (QED) is 0.664. The number of nitrogens with two attached hydrogens (primary N) is 1. The van der Waals surface area contributed by atoms with Crippen molar-refractivity contribution in [2.75, 3.05) is 6.61 Å². The lowest BCUT2D eigenvalue weighted by molar-refractivity contribution is -0.228. The fraction of sp³-hybridized carbons (Fsp3) is 0.889. The summed E-state index contributed by atoms with van der Waals surface area (Å²) in [6.45, 7) is 2.08. The van der Waals surface area contributed by atoms with Crippen LogP contribution < -0.4 is 5.73 Å². The molecule has 2 N–H and O–H groups in total. The second kappa shape index (κ2) is 2.44. The van der Waals surface area contributed by atoms with E-state index in [2.05, 4.69) is 0 Å². The normalized spacial score (nSPS) is 43.0. The molecule has 0 amide bonds. The van der Waals surface area contributed by atoms with Crippen LogP contribution in [0.4, 0.5) is 4.39 Å². The van der Waals surface area contributed by atoms with Crippen LogP contribution in [0.3, 0.4) is 0 Å². The fourth-order valence-electron chi connectivity index (χ4n) is 2.55. The molecule has 0 radical (unpaired) electrons. The SMILES string of the molecule is CCOC(=O)[C@@H](N)C12CC(F)(C1)C2. The van der Waals surface area contributed by atoms with Gasteiger partial charge in [0.2, 0.25) is 0 Å². The van der Waals surface area contributed by atoms with Gasteiger partial charge in [-0.15, -0.1) is 0 Å². The van der Waals surface area contributed by atoms with E-state index in [9.17, 15) is 9.18 Å². The average molecular weight is 187 g/mol. The Kier molecular flexibility index (Phi) is 1.68. The van der Waals surface area contributed by atoms with Gasteiger partial charge in [0.1, 0.15) is 11.7 Å². The molecule has 0 aromatic carbocycles. The Bertz CT molecular complexity index is 234. The van der Waals surface area contributed by atoms with E-state index in [4.69, 9.17) is 10.5 Å². The molecule has 3 saturated carbocycles. The van der Waals surface area contributed by atoms with Gasteiger partial charge in [0.05, 0.1) is 6.61 Å². The van der Waals surface area contributed by atoms with E-state index in [1.54, 1.807) is 6.92 Å². The van der Waals surface area contributed by atoms with Crippen LogP contribution >= 0.6 is 0 Å². The fourth-order valence-corrected chi connectivity index (χ4v) is 2.55. The molecule has 3 aliphatic rings. The second-order valence-corrected chi connectivity index (χ2v) is 4.27. The third-order valence-electron chi connectivity index (χ3n) is 3.21. The van der Waals surface area contributed by atoms with Crippen molar-refractivity contribution in [3.05, 3.63) is 0 Å². The lowest BCUT2D eigenvalue weighted by Gasteiger charge is -2.67. The van der Waals surface area contributed by atoms with Gasteiger partial charge in [-0.3, -0.25) is 4.79 Å². The van der Waals surface area contributed by atoms with Crippen LogP contribution in [0.1, 0.15) is 26.2 Å². The molecule has 0 unspecified atom stereocenters. The van der Waals surface area contributed by atoms with Crippen LogP contribution in [-0.2, 0) is 9.53 Å². The number of carbonyl (C=O) groups is 1. The maximum atomic E-state index is 13.1. The molecule has 0 aromatic rings. The molecule has 0 aliphatic heterocycles. The summed E-state index contributed by atoms with van der Waals surface area (Å²) in [5, 5.41) is 0. The van der Waals surface area contributed by atoms with Crippen LogP contribution in [0.5, 0.6) is 0 Å². The van der Waals surface area contributed by atoms with Gasteiger partial charge in [0.15, 0.2) is 0 Å². The average Bonchev–Trinajstić information content (AvgIpc) is 1.96. The molecule has 4 heteroatoms. The minimum absolute atomic E-state index is 0.263. The smallest absolute Gasteiger partial charge is 0.323 e. The van der Waals surface area contributed by atoms with Crippen molar-refractivity contribution < 1.29 is 13.9 Å². The Balaban J connectivity index is 1.92. The third kappa shape index (κ3) is 1.08. The van der Waals surface area contributed by atoms with Gasteiger partial charge in [-0.1, -0.05) is 0 Å². The third-order valence-corrected chi connectivity index (χ3v) is 3.21. The highest BCUT2D eigenvalue weighted by Gasteiger charge is 2.72. The van der Waals surface area contributed by atoms with E-state index in [1.165, 1.54) is 0 Å². The summed E-state index contributed by atoms with van der Waals surface area (Å²) in [5.41, 5.74) is 4.44. The molecule has 3 rings (SSSR count). The van der Waals surface area contributed by atoms with Crippen LogP contribution in [0.25, 0.3) is 0 Å². The molecule has 74 valence electrons. The molecule has 0 spiro atoms. The van der Waals surface area contributed by atoms with Crippen LogP contribution in [0.2, 0.25) is 0 Å². The number of hydrogen-bond acceptors (Lipinski definition) is 3. The van der Waals surface area contributed by atoms with E-state index in [-0.39, 0.29) is 11.4 Å². The summed E-state index contributed by atoms with van der Waals surface area (Å²) >= 11 is 0. The molecule has 2 bridgehead atoms. The Hall–Kier alpha value is -0.640. The Morgan fingerprint density at radius 2 is 2.15 bits per heavy atom. The van der Waals surface area contributed by atoms with Crippen molar-refractivity contribution >= 4 is 5.97 Å². The zero-order valence-corrected chi connectivity index (χ0v) is 7.68. The summed E-state index contributed by atoms with van der Waals surface area (Å²) in [7, 11) is 0. The summed E-state index contributed by atoms with van der Waals surface area (Å²) < 4.78 is 17.9. The van der Waals surface area contributed by atoms with Gasteiger partial charge in [-0.25, -0.2) is 4.39 Å². The summed E-state index contributed by atoms with van der Waals surface area (Å²) in [5.74, 6) is -0.385. The zero-order valence-electron chi connectivity index (χ0n) is 7.68. The number of rotatable bonds is 3. The summed E-state index contributed by atoms with van der Waals surface area (Å²) in [6, 6.07) is -0.620.